The lowest BCUT2D eigenvalue weighted by Crippen LogP contribution is -2.40. The van der Waals surface area contributed by atoms with Crippen LogP contribution in [0.1, 0.15) is 26.7 Å². The normalized spacial score (nSPS) is 24.5. The fraction of sp³-hybridized carbons (Fsp3) is 1.00. The van der Waals surface area contributed by atoms with E-state index < -0.39 is 0 Å². The summed E-state index contributed by atoms with van der Waals surface area (Å²) in [6.07, 6.45) is 2.67. The van der Waals surface area contributed by atoms with Gasteiger partial charge in [0.05, 0.1) is 6.61 Å². The van der Waals surface area contributed by atoms with E-state index in [2.05, 4.69) is 38.4 Å². The maximum Gasteiger partial charge on any atom is 0.0550 e. The van der Waals surface area contributed by atoms with Crippen molar-refractivity contribution < 1.29 is 5.11 Å². The van der Waals surface area contributed by atoms with E-state index >= 15 is 0 Å². The molecule has 78 valence electrons. The molecule has 0 aromatic rings. The van der Waals surface area contributed by atoms with Crippen LogP contribution >= 0.6 is 12.6 Å². The van der Waals surface area contributed by atoms with Gasteiger partial charge in [-0.3, -0.25) is 0 Å². The molecule has 1 aliphatic carbocycles. The van der Waals surface area contributed by atoms with Gasteiger partial charge in [0.15, 0.2) is 0 Å². The molecule has 1 aliphatic rings. The van der Waals surface area contributed by atoms with E-state index in [4.69, 9.17) is 5.11 Å². The van der Waals surface area contributed by atoms with Crippen LogP contribution in [0.4, 0.5) is 0 Å². The number of aliphatic hydroxyl groups excluding tert-OH is 1. The van der Waals surface area contributed by atoms with Crippen molar-refractivity contribution in [1.82, 2.24) is 4.90 Å². The molecule has 2 unspecified atom stereocenters. The Morgan fingerprint density at radius 2 is 2.00 bits per heavy atom. The summed E-state index contributed by atoms with van der Waals surface area (Å²) in [7, 11) is 2.18. The molecular formula is C10H21NOS. The monoisotopic (exact) mass is 203 g/mol. The molecule has 0 heterocycles. The number of hydrogen-bond acceptors (Lipinski definition) is 3. The maximum absolute atomic E-state index is 9.00. The SMILES string of the molecule is CC([C@@H](C)C(S)CO)N(C)C1CC1. The van der Waals surface area contributed by atoms with Crippen LogP contribution in [-0.2, 0) is 0 Å². The van der Waals surface area contributed by atoms with Crippen LogP contribution in [0.5, 0.6) is 0 Å². The lowest BCUT2D eigenvalue weighted by atomic mass is 9.98. The first kappa shape index (κ1) is 11.3. The fourth-order valence-electron chi connectivity index (χ4n) is 1.67. The van der Waals surface area contributed by atoms with Crippen molar-refractivity contribution in [2.24, 2.45) is 5.92 Å². The minimum atomic E-state index is 0.108. The summed E-state index contributed by atoms with van der Waals surface area (Å²) in [5.74, 6) is 0.443. The van der Waals surface area contributed by atoms with Crippen LogP contribution in [0.2, 0.25) is 0 Å². The molecule has 3 atom stereocenters. The second-order valence-electron chi connectivity index (χ2n) is 4.25. The number of rotatable bonds is 5. The highest BCUT2D eigenvalue weighted by molar-refractivity contribution is 7.81. The highest BCUT2D eigenvalue weighted by Crippen LogP contribution is 2.30. The summed E-state index contributed by atoms with van der Waals surface area (Å²) >= 11 is 4.37. The zero-order valence-electron chi connectivity index (χ0n) is 8.77. The number of nitrogens with zero attached hydrogens (tertiary/aromatic N) is 1. The van der Waals surface area contributed by atoms with Crippen molar-refractivity contribution >= 4 is 12.6 Å². The van der Waals surface area contributed by atoms with Gasteiger partial charge >= 0.3 is 0 Å². The zero-order valence-corrected chi connectivity index (χ0v) is 9.67. The number of hydrogen-bond donors (Lipinski definition) is 2. The smallest absolute Gasteiger partial charge is 0.0550 e. The fourth-order valence-corrected chi connectivity index (χ4v) is 1.92. The first-order chi connectivity index (χ1) is 6.07. The Morgan fingerprint density at radius 1 is 1.46 bits per heavy atom. The molecule has 3 heteroatoms. The van der Waals surface area contributed by atoms with Crippen LogP contribution in [0, 0.1) is 5.92 Å². The summed E-state index contributed by atoms with van der Waals surface area (Å²) in [6.45, 7) is 4.56. The summed E-state index contributed by atoms with van der Waals surface area (Å²) in [4.78, 5) is 2.42. The van der Waals surface area contributed by atoms with Gasteiger partial charge in [-0.25, -0.2) is 0 Å². The second-order valence-corrected chi connectivity index (χ2v) is 4.91. The van der Waals surface area contributed by atoms with Gasteiger partial charge in [0, 0.05) is 17.3 Å². The molecule has 0 saturated heterocycles. The molecule has 1 rings (SSSR count). The zero-order chi connectivity index (χ0) is 10.0. The first-order valence-electron chi connectivity index (χ1n) is 5.08. The number of thiol groups is 1. The summed E-state index contributed by atoms with van der Waals surface area (Å²) in [6, 6.07) is 1.30. The van der Waals surface area contributed by atoms with E-state index in [1.165, 1.54) is 12.8 Å². The Kier molecular flexibility index (Phi) is 4.07. The van der Waals surface area contributed by atoms with Crippen molar-refractivity contribution in [3.05, 3.63) is 0 Å². The summed E-state index contributed by atoms with van der Waals surface area (Å²) in [5.41, 5.74) is 0. The third-order valence-corrected chi connectivity index (χ3v) is 3.95. The van der Waals surface area contributed by atoms with Crippen LogP contribution in [0.3, 0.4) is 0 Å². The van der Waals surface area contributed by atoms with Crippen LogP contribution in [0.25, 0.3) is 0 Å². The van der Waals surface area contributed by atoms with Gasteiger partial charge < -0.3 is 10.0 Å². The molecule has 2 nitrogen and oxygen atoms in total. The van der Waals surface area contributed by atoms with E-state index in [-0.39, 0.29) is 11.9 Å². The topological polar surface area (TPSA) is 23.5 Å². The molecule has 0 aromatic heterocycles. The lowest BCUT2D eigenvalue weighted by Gasteiger charge is -2.32. The first-order valence-corrected chi connectivity index (χ1v) is 5.60. The van der Waals surface area contributed by atoms with E-state index in [9.17, 15) is 0 Å². The van der Waals surface area contributed by atoms with Crippen molar-refractivity contribution in [3.8, 4) is 0 Å². The second kappa shape index (κ2) is 4.67. The average molecular weight is 203 g/mol. The highest BCUT2D eigenvalue weighted by Gasteiger charge is 2.32. The Labute approximate surface area is 86.7 Å². The molecule has 1 fully saturated rings. The quantitative estimate of drug-likeness (QED) is 0.660. The molecule has 0 spiro atoms. The van der Waals surface area contributed by atoms with Crippen LogP contribution < -0.4 is 0 Å². The van der Waals surface area contributed by atoms with Gasteiger partial charge in [-0.2, -0.15) is 12.6 Å². The van der Waals surface area contributed by atoms with Crippen molar-refractivity contribution in [2.75, 3.05) is 13.7 Å². The van der Waals surface area contributed by atoms with Crippen LogP contribution in [-0.4, -0.2) is 41.0 Å². The van der Waals surface area contributed by atoms with Crippen molar-refractivity contribution in [2.45, 2.75) is 44.0 Å². The lowest BCUT2D eigenvalue weighted by molar-refractivity contribution is 0.166. The van der Waals surface area contributed by atoms with Crippen molar-refractivity contribution in [3.63, 3.8) is 0 Å². The van der Waals surface area contributed by atoms with Crippen molar-refractivity contribution in [1.29, 1.82) is 0 Å². The molecule has 0 aliphatic heterocycles. The summed E-state index contributed by atoms with van der Waals surface area (Å²) in [5, 5.41) is 9.10. The standard InChI is InChI=1S/C10H21NOS/c1-7(10(13)6-12)8(2)11(3)9-4-5-9/h7-10,12-13H,4-6H2,1-3H3/t7-,8?,10?/m1/s1. The Bertz CT molecular complexity index is 161. The Hall–Kier alpha value is 0.270. The molecular weight excluding hydrogens is 182 g/mol. The molecule has 0 amide bonds. The molecule has 1 saturated carbocycles. The highest BCUT2D eigenvalue weighted by atomic mass is 32.1. The Morgan fingerprint density at radius 3 is 2.38 bits per heavy atom. The van der Waals surface area contributed by atoms with Gasteiger partial charge in [0.25, 0.3) is 0 Å². The minimum absolute atomic E-state index is 0.108. The van der Waals surface area contributed by atoms with Gasteiger partial charge in [0.1, 0.15) is 0 Å². The largest absolute Gasteiger partial charge is 0.395 e. The predicted octanol–water partition coefficient (Wildman–Crippen LogP) is 1.40. The third-order valence-electron chi connectivity index (χ3n) is 3.32. The van der Waals surface area contributed by atoms with Gasteiger partial charge in [-0.1, -0.05) is 6.92 Å². The van der Waals surface area contributed by atoms with E-state index in [1.807, 2.05) is 0 Å². The maximum atomic E-state index is 9.00. The molecule has 0 bridgehead atoms. The molecule has 1 N–H and O–H groups in total. The van der Waals surface area contributed by atoms with Gasteiger partial charge in [0.2, 0.25) is 0 Å². The molecule has 13 heavy (non-hydrogen) atoms. The van der Waals surface area contributed by atoms with E-state index in [0.29, 0.717) is 12.0 Å². The molecule has 0 radical (unpaired) electrons. The predicted molar refractivity (Wildman–Crippen MR) is 59.3 cm³/mol. The third kappa shape index (κ3) is 2.86. The van der Waals surface area contributed by atoms with Gasteiger partial charge in [-0.15, -0.1) is 0 Å². The van der Waals surface area contributed by atoms with E-state index in [0.717, 1.165) is 6.04 Å². The molecule has 0 aromatic carbocycles. The van der Waals surface area contributed by atoms with Crippen LogP contribution in [0.15, 0.2) is 0 Å². The average Bonchev–Trinajstić information content (AvgIpc) is 2.96. The number of aliphatic hydroxyl groups is 1. The Balaban J connectivity index is 2.39. The van der Waals surface area contributed by atoms with E-state index in [1.54, 1.807) is 0 Å². The minimum Gasteiger partial charge on any atom is -0.395 e. The summed E-state index contributed by atoms with van der Waals surface area (Å²) < 4.78 is 0. The van der Waals surface area contributed by atoms with Gasteiger partial charge in [-0.05, 0) is 32.7 Å².